The molecule has 1 N–H and O–H groups in total. The van der Waals surface area contributed by atoms with E-state index in [4.69, 9.17) is 10.00 Å². The summed E-state index contributed by atoms with van der Waals surface area (Å²) in [6, 6.07) is 4.12. The monoisotopic (exact) mass is 258 g/mol. The van der Waals surface area contributed by atoms with Crippen molar-refractivity contribution in [3.63, 3.8) is 0 Å². The molecule has 1 aliphatic carbocycles. The predicted octanol–water partition coefficient (Wildman–Crippen LogP) is 2.86. The zero-order chi connectivity index (χ0) is 14.2. The molecule has 1 fully saturated rings. The van der Waals surface area contributed by atoms with Crippen LogP contribution in [0.5, 0.6) is 5.75 Å². The summed E-state index contributed by atoms with van der Waals surface area (Å²) < 4.78 is 5.41. The van der Waals surface area contributed by atoms with Crippen LogP contribution in [0, 0.1) is 37.5 Å². The lowest BCUT2D eigenvalue weighted by atomic mass is 10.0. The lowest BCUT2D eigenvalue weighted by molar-refractivity contribution is -0.119. The number of carbonyl (C=O) groups excluding carboxylic acids is 1. The zero-order valence-corrected chi connectivity index (χ0v) is 11.8. The first-order chi connectivity index (χ1) is 8.95. The summed E-state index contributed by atoms with van der Waals surface area (Å²) in [5.74, 6) is 0.458. The van der Waals surface area contributed by atoms with Crippen LogP contribution in [0.3, 0.4) is 0 Å². The van der Waals surface area contributed by atoms with Crippen molar-refractivity contribution in [3.05, 3.63) is 22.8 Å². The van der Waals surface area contributed by atoms with Crippen LogP contribution in [0.25, 0.3) is 0 Å². The van der Waals surface area contributed by atoms with E-state index in [9.17, 15) is 4.79 Å². The molecule has 1 saturated carbocycles. The van der Waals surface area contributed by atoms with E-state index in [0.717, 1.165) is 16.7 Å². The number of nitrogens with one attached hydrogen (secondary N) is 1. The van der Waals surface area contributed by atoms with Crippen LogP contribution in [0.1, 0.15) is 29.5 Å². The summed E-state index contributed by atoms with van der Waals surface area (Å²) >= 11 is 0. The second-order valence-electron chi connectivity index (χ2n) is 5.19. The van der Waals surface area contributed by atoms with Gasteiger partial charge in [-0.1, -0.05) is 6.07 Å². The molecule has 0 aromatic heterocycles. The van der Waals surface area contributed by atoms with E-state index in [1.165, 1.54) is 0 Å². The van der Waals surface area contributed by atoms with E-state index in [0.29, 0.717) is 24.3 Å². The van der Waals surface area contributed by atoms with Gasteiger partial charge in [-0.2, -0.15) is 5.26 Å². The number of carbonyl (C=O) groups is 1. The molecule has 1 aliphatic rings. The lowest BCUT2D eigenvalue weighted by Crippen LogP contribution is -2.23. The normalized spacial score (nSPS) is 15.5. The number of anilines is 1. The predicted molar refractivity (Wildman–Crippen MR) is 73.1 cm³/mol. The van der Waals surface area contributed by atoms with E-state index < -0.39 is 5.41 Å². The fourth-order valence-corrected chi connectivity index (χ4v) is 2.21. The molecule has 0 spiro atoms. The Morgan fingerprint density at radius 3 is 2.47 bits per heavy atom. The highest BCUT2D eigenvalue weighted by Gasteiger charge is 2.50. The van der Waals surface area contributed by atoms with Gasteiger partial charge in [-0.15, -0.1) is 0 Å². The van der Waals surface area contributed by atoms with Crippen molar-refractivity contribution in [2.45, 2.75) is 33.6 Å². The van der Waals surface area contributed by atoms with Crippen molar-refractivity contribution in [1.29, 1.82) is 5.26 Å². The van der Waals surface area contributed by atoms with E-state index in [2.05, 4.69) is 11.4 Å². The van der Waals surface area contributed by atoms with Gasteiger partial charge in [0.05, 0.1) is 18.9 Å². The molecule has 4 nitrogen and oxygen atoms in total. The van der Waals surface area contributed by atoms with Crippen molar-refractivity contribution in [2.75, 3.05) is 12.4 Å². The van der Waals surface area contributed by atoms with Gasteiger partial charge in [0.1, 0.15) is 11.2 Å². The Balaban J connectivity index is 2.38. The van der Waals surface area contributed by atoms with Crippen molar-refractivity contribution < 1.29 is 9.53 Å². The lowest BCUT2D eigenvalue weighted by Gasteiger charge is -2.18. The largest absolute Gasteiger partial charge is 0.494 e. The topological polar surface area (TPSA) is 62.1 Å². The van der Waals surface area contributed by atoms with Gasteiger partial charge in [0.25, 0.3) is 0 Å². The minimum atomic E-state index is -0.823. The van der Waals surface area contributed by atoms with Gasteiger partial charge in [-0.05, 0) is 50.3 Å². The van der Waals surface area contributed by atoms with Crippen LogP contribution in [0.15, 0.2) is 6.07 Å². The van der Waals surface area contributed by atoms with Crippen LogP contribution in [0.4, 0.5) is 5.69 Å². The summed E-state index contributed by atoms with van der Waals surface area (Å²) in [7, 11) is 1.59. The zero-order valence-electron chi connectivity index (χ0n) is 11.8. The number of rotatable bonds is 3. The molecule has 2 rings (SSSR count). The Bertz CT molecular complexity index is 581. The van der Waals surface area contributed by atoms with Crippen LogP contribution >= 0.6 is 0 Å². The molecule has 19 heavy (non-hydrogen) atoms. The first-order valence-electron chi connectivity index (χ1n) is 6.32. The maximum Gasteiger partial charge on any atom is 0.244 e. The second kappa shape index (κ2) is 4.58. The van der Waals surface area contributed by atoms with E-state index >= 15 is 0 Å². The van der Waals surface area contributed by atoms with E-state index in [1.807, 2.05) is 26.8 Å². The van der Waals surface area contributed by atoms with Gasteiger partial charge in [-0.25, -0.2) is 0 Å². The third kappa shape index (κ3) is 2.17. The smallest absolute Gasteiger partial charge is 0.244 e. The number of methoxy groups -OCH3 is 1. The number of amides is 1. The third-order valence-corrected chi connectivity index (χ3v) is 3.83. The van der Waals surface area contributed by atoms with Crippen molar-refractivity contribution in [3.8, 4) is 11.8 Å². The standard InChI is InChI=1S/C15H18N2O2/c1-9-7-10(2)12(13(19-4)11(9)3)17-14(18)15(8-16)5-6-15/h7H,5-6H2,1-4H3,(H,17,18). The molecule has 1 aromatic rings. The van der Waals surface area contributed by atoms with Crippen LogP contribution in [-0.2, 0) is 4.79 Å². The number of hydrogen-bond acceptors (Lipinski definition) is 3. The van der Waals surface area contributed by atoms with Gasteiger partial charge in [0, 0.05) is 0 Å². The molecular weight excluding hydrogens is 240 g/mol. The van der Waals surface area contributed by atoms with Gasteiger partial charge in [0.2, 0.25) is 5.91 Å². The Kier molecular flexibility index (Phi) is 3.23. The van der Waals surface area contributed by atoms with Gasteiger partial charge in [0.15, 0.2) is 0 Å². The number of nitrogens with zero attached hydrogens (tertiary/aromatic N) is 1. The Hall–Kier alpha value is -2.02. The maximum atomic E-state index is 12.2. The highest BCUT2D eigenvalue weighted by atomic mass is 16.5. The average Bonchev–Trinajstić information content (AvgIpc) is 3.17. The quantitative estimate of drug-likeness (QED) is 0.906. The number of ether oxygens (including phenoxy) is 1. The minimum Gasteiger partial charge on any atom is -0.494 e. The number of nitriles is 1. The summed E-state index contributed by atoms with van der Waals surface area (Å²) in [5.41, 5.74) is 2.93. The van der Waals surface area contributed by atoms with Crippen LogP contribution in [0.2, 0.25) is 0 Å². The van der Waals surface area contributed by atoms with Gasteiger partial charge in [-0.3, -0.25) is 4.79 Å². The molecule has 0 unspecified atom stereocenters. The number of aryl methyl sites for hydroxylation is 2. The fraction of sp³-hybridized carbons (Fsp3) is 0.467. The SMILES string of the molecule is COc1c(C)c(C)cc(C)c1NC(=O)C1(C#N)CC1. The summed E-state index contributed by atoms with van der Waals surface area (Å²) in [6.07, 6.45) is 1.28. The Morgan fingerprint density at radius 1 is 1.37 bits per heavy atom. The van der Waals surface area contributed by atoms with Gasteiger partial charge >= 0.3 is 0 Å². The molecule has 0 saturated heterocycles. The number of benzene rings is 1. The molecule has 0 bridgehead atoms. The van der Waals surface area contributed by atoms with E-state index in [1.54, 1.807) is 7.11 Å². The van der Waals surface area contributed by atoms with Crippen molar-refractivity contribution >= 4 is 11.6 Å². The van der Waals surface area contributed by atoms with Crippen molar-refractivity contribution in [1.82, 2.24) is 0 Å². The molecular formula is C15H18N2O2. The highest BCUT2D eigenvalue weighted by Crippen LogP contribution is 2.46. The summed E-state index contributed by atoms with van der Waals surface area (Å²) in [5, 5.41) is 11.9. The Morgan fingerprint density at radius 2 is 2.00 bits per heavy atom. The van der Waals surface area contributed by atoms with E-state index in [-0.39, 0.29) is 5.91 Å². The van der Waals surface area contributed by atoms with Crippen LogP contribution < -0.4 is 10.1 Å². The first kappa shape index (κ1) is 13.4. The Labute approximate surface area is 113 Å². The fourth-order valence-electron chi connectivity index (χ4n) is 2.21. The average molecular weight is 258 g/mol. The van der Waals surface area contributed by atoms with Gasteiger partial charge < -0.3 is 10.1 Å². The molecule has 0 aliphatic heterocycles. The summed E-state index contributed by atoms with van der Waals surface area (Å²) in [6.45, 7) is 5.89. The molecule has 0 heterocycles. The molecule has 4 heteroatoms. The second-order valence-corrected chi connectivity index (χ2v) is 5.19. The molecule has 100 valence electrons. The third-order valence-electron chi connectivity index (χ3n) is 3.83. The van der Waals surface area contributed by atoms with Crippen molar-refractivity contribution in [2.24, 2.45) is 5.41 Å². The maximum absolute atomic E-state index is 12.2. The molecule has 1 amide bonds. The number of hydrogen-bond donors (Lipinski definition) is 1. The van der Waals surface area contributed by atoms with Crippen LogP contribution in [-0.4, -0.2) is 13.0 Å². The summed E-state index contributed by atoms with van der Waals surface area (Å²) in [4.78, 5) is 12.2. The molecule has 1 aromatic carbocycles. The first-order valence-corrected chi connectivity index (χ1v) is 6.32. The highest BCUT2D eigenvalue weighted by molar-refractivity contribution is 6.01. The molecule has 0 atom stereocenters. The minimum absolute atomic E-state index is 0.223. The molecule has 0 radical (unpaired) electrons.